The van der Waals surface area contributed by atoms with Gasteiger partial charge in [0.2, 0.25) is 0 Å². The maximum Gasteiger partial charge on any atom is 0.257 e. The third-order valence-corrected chi connectivity index (χ3v) is 4.77. The number of halogens is 1. The Bertz CT molecular complexity index is 813. The van der Waals surface area contributed by atoms with Gasteiger partial charge in [-0.05, 0) is 42.8 Å². The summed E-state index contributed by atoms with van der Waals surface area (Å²) in [5.74, 6) is 0.672. The molecule has 0 bridgehead atoms. The first-order valence-corrected chi connectivity index (χ1v) is 9.68. The van der Waals surface area contributed by atoms with E-state index in [9.17, 15) is 14.3 Å². The summed E-state index contributed by atoms with van der Waals surface area (Å²) < 4.78 is 24.6. The van der Waals surface area contributed by atoms with Crippen LogP contribution in [0, 0.1) is 5.82 Å². The van der Waals surface area contributed by atoms with Crippen LogP contribution >= 0.6 is 0 Å². The molecule has 2 unspecified atom stereocenters. The van der Waals surface area contributed by atoms with E-state index in [4.69, 9.17) is 9.47 Å². The van der Waals surface area contributed by atoms with Crippen LogP contribution in [0.25, 0.3) is 0 Å². The fourth-order valence-corrected chi connectivity index (χ4v) is 3.31. The molecule has 1 aliphatic heterocycles. The van der Waals surface area contributed by atoms with Crippen molar-refractivity contribution in [1.29, 1.82) is 0 Å². The molecule has 1 fully saturated rings. The molecule has 0 radical (unpaired) electrons. The average molecular weight is 402 g/mol. The van der Waals surface area contributed by atoms with E-state index in [-0.39, 0.29) is 24.4 Å². The van der Waals surface area contributed by atoms with Gasteiger partial charge < -0.3 is 19.5 Å². The van der Waals surface area contributed by atoms with E-state index in [0.717, 1.165) is 13.0 Å². The first kappa shape index (κ1) is 21.1. The predicted molar refractivity (Wildman–Crippen MR) is 108 cm³/mol. The van der Waals surface area contributed by atoms with Crippen LogP contribution in [-0.2, 0) is 0 Å². The highest BCUT2D eigenvalue weighted by Gasteiger charge is 2.26. The number of amides is 1. The normalized spacial score (nSPS) is 17.7. The van der Waals surface area contributed by atoms with Crippen molar-refractivity contribution in [2.75, 3.05) is 40.3 Å². The molecule has 2 atom stereocenters. The molecule has 7 heteroatoms. The molecule has 1 aliphatic rings. The number of benzene rings is 2. The minimum atomic E-state index is -0.693. The van der Waals surface area contributed by atoms with E-state index < -0.39 is 6.10 Å². The van der Waals surface area contributed by atoms with Gasteiger partial charge in [0.05, 0.1) is 5.56 Å². The Labute approximate surface area is 170 Å². The number of likely N-dealkylation sites (tertiary alicyclic amines) is 1. The molecule has 29 heavy (non-hydrogen) atoms. The van der Waals surface area contributed by atoms with Crippen LogP contribution in [0.5, 0.6) is 11.5 Å². The summed E-state index contributed by atoms with van der Waals surface area (Å²) in [6, 6.07) is 13.0. The molecule has 0 spiro atoms. The smallest absolute Gasteiger partial charge is 0.257 e. The number of nitrogens with zero attached hydrogens (tertiary/aromatic N) is 2. The number of ether oxygens (including phenoxy) is 2. The van der Waals surface area contributed by atoms with Crippen LogP contribution in [0.1, 0.15) is 16.8 Å². The summed E-state index contributed by atoms with van der Waals surface area (Å²) in [7, 11) is 3.37. The number of carbonyl (C=O) groups is 1. The van der Waals surface area contributed by atoms with Crippen molar-refractivity contribution in [2.24, 2.45) is 0 Å². The Kier molecular flexibility index (Phi) is 7.06. The fraction of sp³-hybridized carbons (Fsp3) is 0.409. The van der Waals surface area contributed by atoms with E-state index in [1.165, 1.54) is 17.0 Å². The SMILES string of the molecule is CN(C)C(=O)c1ccccc1OCC(O)CN1CCC(Oc2ccc(F)cc2)C1. The molecule has 1 N–H and O–H groups in total. The lowest BCUT2D eigenvalue weighted by molar-refractivity contribution is 0.0696. The van der Waals surface area contributed by atoms with Gasteiger partial charge in [-0.25, -0.2) is 4.39 Å². The van der Waals surface area contributed by atoms with Gasteiger partial charge in [0.1, 0.15) is 36.1 Å². The van der Waals surface area contributed by atoms with Gasteiger partial charge in [0.25, 0.3) is 5.91 Å². The molecule has 0 saturated carbocycles. The number of carbonyl (C=O) groups excluding carboxylic acids is 1. The van der Waals surface area contributed by atoms with Crippen molar-refractivity contribution in [3.63, 3.8) is 0 Å². The molecule has 0 aliphatic carbocycles. The lowest BCUT2D eigenvalue weighted by Gasteiger charge is -2.21. The van der Waals surface area contributed by atoms with Crippen LogP contribution in [-0.4, -0.2) is 73.4 Å². The minimum Gasteiger partial charge on any atom is -0.490 e. The van der Waals surface area contributed by atoms with Crippen molar-refractivity contribution in [1.82, 2.24) is 9.80 Å². The molecule has 1 amide bonds. The number of hydrogen-bond donors (Lipinski definition) is 1. The maximum atomic E-state index is 13.0. The standard InChI is InChI=1S/C22H27FN2O4/c1-24(2)22(27)20-5-3-4-6-21(20)28-15-17(26)13-25-12-11-19(14-25)29-18-9-7-16(23)8-10-18/h3-10,17,19,26H,11-15H2,1-2H3. The summed E-state index contributed by atoms with van der Waals surface area (Å²) >= 11 is 0. The van der Waals surface area contributed by atoms with Crippen molar-refractivity contribution in [3.05, 3.63) is 59.9 Å². The molecular formula is C22H27FN2O4. The van der Waals surface area contributed by atoms with Crippen LogP contribution in [0.4, 0.5) is 4.39 Å². The zero-order valence-electron chi connectivity index (χ0n) is 16.8. The zero-order valence-corrected chi connectivity index (χ0v) is 16.8. The van der Waals surface area contributed by atoms with Crippen LogP contribution in [0.2, 0.25) is 0 Å². The van der Waals surface area contributed by atoms with Gasteiger partial charge in [0.15, 0.2) is 0 Å². The predicted octanol–water partition coefficient (Wildman–Crippen LogP) is 2.42. The minimum absolute atomic E-state index is 0.00650. The van der Waals surface area contributed by atoms with Gasteiger partial charge >= 0.3 is 0 Å². The molecule has 0 aromatic heterocycles. The number of β-amino-alcohol motifs (C(OH)–C–C–N with tert-alkyl or cyclic N) is 1. The van der Waals surface area contributed by atoms with Crippen LogP contribution in [0.15, 0.2) is 48.5 Å². The average Bonchev–Trinajstić information content (AvgIpc) is 3.14. The molecule has 3 rings (SSSR count). The van der Waals surface area contributed by atoms with E-state index in [2.05, 4.69) is 4.90 Å². The second-order valence-corrected chi connectivity index (χ2v) is 7.40. The number of hydrogen-bond acceptors (Lipinski definition) is 5. The first-order valence-electron chi connectivity index (χ1n) is 9.68. The Balaban J connectivity index is 1.46. The summed E-state index contributed by atoms with van der Waals surface area (Å²) in [4.78, 5) is 15.8. The van der Waals surface area contributed by atoms with E-state index in [1.807, 2.05) is 0 Å². The lowest BCUT2D eigenvalue weighted by atomic mass is 10.2. The van der Waals surface area contributed by atoms with E-state index in [0.29, 0.717) is 30.2 Å². The second-order valence-electron chi connectivity index (χ2n) is 7.40. The first-order chi connectivity index (χ1) is 13.9. The largest absolute Gasteiger partial charge is 0.490 e. The zero-order chi connectivity index (χ0) is 20.8. The number of para-hydroxylation sites is 1. The summed E-state index contributed by atoms with van der Waals surface area (Å²) in [6.07, 6.45) is 0.152. The van der Waals surface area contributed by atoms with E-state index in [1.54, 1.807) is 50.5 Å². The maximum absolute atomic E-state index is 13.0. The highest BCUT2D eigenvalue weighted by atomic mass is 19.1. The van der Waals surface area contributed by atoms with Crippen molar-refractivity contribution in [3.8, 4) is 11.5 Å². The topological polar surface area (TPSA) is 62.2 Å². The molecule has 2 aromatic carbocycles. The van der Waals surface area contributed by atoms with Crippen LogP contribution < -0.4 is 9.47 Å². The summed E-state index contributed by atoms with van der Waals surface area (Å²) in [6.45, 7) is 2.04. The third kappa shape index (κ3) is 5.92. The lowest BCUT2D eigenvalue weighted by Crippen LogP contribution is -2.35. The molecule has 6 nitrogen and oxygen atoms in total. The van der Waals surface area contributed by atoms with E-state index >= 15 is 0 Å². The number of rotatable bonds is 8. The molecule has 1 saturated heterocycles. The quantitative estimate of drug-likeness (QED) is 0.735. The van der Waals surface area contributed by atoms with Gasteiger partial charge in [0, 0.05) is 33.7 Å². The molecule has 2 aromatic rings. The molecule has 1 heterocycles. The second kappa shape index (κ2) is 9.71. The van der Waals surface area contributed by atoms with Crippen molar-refractivity contribution >= 4 is 5.91 Å². The Morgan fingerprint density at radius 1 is 1.24 bits per heavy atom. The molecular weight excluding hydrogens is 375 g/mol. The van der Waals surface area contributed by atoms with Crippen LogP contribution in [0.3, 0.4) is 0 Å². The van der Waals surface area contributed by atoms with Gasteiger partial charge in [-0.15, -0.1) is 0 Å². The van der Waals surface area contributed by atoms with Gasteiger partial charge in [-0.1, -0.05) is 12.1 Å². The Morgan fingerprint density at radius 3 is 2.69 bits per heavy atom. The number of aliphatic hydroxyl groups excluding tert-OH is 1. The monoisotopic (exact) mass is 402 g/mol. The van der Waals surface area contributed by atoms with Crippen molar-refractivity contribution < 1.29 is 23.8 Å². The summed E-state index contributed by atoms with van der Waals surface area (Å²) in [5.41, 5.74) is 0.471. The highest BCUT2D eigenvalue weighted by molar-refractivity contribution is 5.96. The fourth-order valence-electron chi connectivity index (χ4n) is 3.31. The Morgan fingerprint density at radius 2 is 1.97 bits per heavy atom. The van der Waals surface area contributed by atoms with Gasteiger partial charge in [-0.3, -0.25) is 9.69 Å². The summed E-state index contributed by atoms with van der Waals surface area (Å²) in [5, 5.41) is 10.4. The third-order valence-electron chi connectivity index (χ3n) is 4.77. The van der Waals surface area contributed by atoms with Crippen molar-refractivity contribution in [2.45, 2.75) is 18.6 Å². The Hall–Kier alpha value is -2.64. The highest BCUT2D eigenvalue weighted by Crippen LogP contribution is 2.21. The molecule has 156 valence electrons. The van der Waals surface area contributed by atoms with Gasteiger partial charge in [-0.2, -0.15) is 0 Å². The number of aliphatic hydroxyl groups is 1.